The van der Waals surface area contributed by atoms with E-state index >= 15 is 0 Å². The third kappa shape index (κ3) is 2.90. The summed E-state index contributed by atoms with van der Waals surface area (Å²) < 4.78 is 1.03. The van der Waals surface area contributed by atoms with Gasteiger partial charge in [0.15, 0.2) is 0 Å². The first-order valence-electron chi connectivity index (χ1n) is 4.73. The zero-order valence-electron chi connectivity index (χ0n) is 8.64. The topological polar surface area (TPSA) is 37.3 Å². The molecule has 0 unspecified atom stereocenters. The summed E-state index contributed by atoms with van der Waals surface area (Å²) in [5.74, 6) is 0. The maximum absolute atomic E-state index is 4.29. The number of benzene rings is 1. The predicted octanol–water partition coefficient (Wildman–Crippen LogP) is 3.66. The van der Waals surface area contributed by atoms with Crippen LogP contribution in [0, 0.1) is 6.92 Å². The smallest absolute Gasteiger partial charge is 0.204 e. The van der Waals surface area contributed by atoms with Crippen LogP contribution in [0.5, 0.6) is 0 Å². The van der Waals surface area contributed by atoms with Crippen molar-refractivity contribution in [3.8, 4) is 0 Å². The summed E-state index contributed by atoms with van der Waals surface area (Å²) in [6.45, 7) is 1.95. The van der Waals surface area contributed by atoms with E-state index in [9.17, 15) is 0 Å². The summed E-state index contributed by atoms with van der Waals surface area (Å²) in [5.41, 5.74) is 4.93. The molecule has 82 valence electrons. The molecule has 2 rings (SSSR count). The number of hydrazone groups is 1. The lowest BCUT2D eigenvalue weighted by atomic mass is 10.2. The minimum absolute atomic E-state index is 0.788. The lowest BCUT2D eigenvalue weighted by Gasteiger charge is -1.93. The molecular formula is C11H10BrN3S. The predicted molar refractivity (Wildman–Crippen MR) is 72.2 cm³/mol. The van der Waals surface area contributed by atoms with Crippen molar-refractivity contribution in [2.24, 2.45) is 5.10 Å². The number of thiazole rings is 1. The first kappa shape index (κ1) is 11.3. The highest BCUT2D eigenvalue weighted by atomic mass is 79.9. The Labute approximate surface area is 106 Å². The molecule has 3 nitrogen and oxygen atoms in total. The van der Waals surface area contributed by atoms with Crippen LogP contribution in [0.4, 0.5) is 5.13 Å². The molecule has 16 heavy (non-hydrogen) atoms. The van der Waals surface area contributed by atoms with E-state index in [0.29, 0.717) is 0 Å². The normalized spacial score (nSPS) is 10.9. The van der Waals surface area contributed by atoms with Crippen molar-refractivity contribution >= 4 is 38.6 Å². The lowest BCUT2D eigenvalue weighted by molar-refractivity contribution is 1.21. The molecule has 0 amide bonds. The molecule has 1 heterocycles. The largest absolute Gasteiger partial charge is 0.253 e. The Bertz CT molecular complexity index is 474. The zero-order valence-corrected chi connectivity index (χ0v) is 11.0. The van der Waals surface area contributed by atoms with Gasteiger partial charge in [-0.1, -0.05) is 41.7 Å². The van der Waals surface area contributed by atoms with E-state index < -0.39 is 0 Å². The van der Waals surface area contributed by atoms with Crippen LogP contribution < -0.4 is 5.43 Å². The van der Waals surface area contributed by atoms with Crippen LogP contribution in [0.3, 0.4) is 0 Å². The summed E-state index contributed by atoms with van der Waals surface area (Å²) in [5, 5.41) is 4.91. The minimum Gasteiger partial charge on any atom is -0.253 e. The second-order valence-corrected chi connectivity index (χ2v) is 5.48. The van der Waals surface area contributed by atoms with Crippen LogP contribution >= 0.6 is 27.3 Å². The highest BCUT2D eigenvalue weighted by molar-refractivity contribution is 9.11. The summed E-state index contributed by atoms with van der Waals surface area (Å²) in [7, 11) is 0. The molecule has 0 radical (unpaired) electrons. The lowest BCUT2D eigenvalue weighted by Crippen LogP contribution is -1.89. The molecule has 0 saturated carbocycles. The van der Waals surface area contributed by atoms with Gasteiger partial charge in [-0.15, -0.1) is 0 Å². The quantitative estimate of drug-likeness (QED) is 0.693. The fourth-order valence-electron chi connectivity index (χ4n) is 1.13. The molecule has 1 aromatic carbocycles. The third-order valence-corrected chi connectivity index (χ3v) is 3.82. The van der Waals surface area contributed by atoms with Gasteiger partial charge in [-0.2, -0.15) is 5.10 Å². The summed E-state index contributed by atoms with van der Waals surface area (Å²) in [6.07, 6.45) is 1.77. The molecule has 0 bridgehead atoms. The van der Waals surface area contributed by atoms with E-state index in [0.717, 1.165) is 20.2 Å². The van der Waals surface area contributed by atoms with E-state index in [4.69, 9.17) is 0 Å². The maximum atomic E-state index is 4.29. The fourth-order valence-corrected chi connectivity index (χ4v) is 2.32. The van der Waals surface area contributed by atoms with E-state index in [2.05, 4.69) is 31.4 Å². The van der Waals surface area contributed by atoms with Gasteiger partial charge in [0, 0.05) is 0 Å². The Balaban J connectivity index is 2.00. The van der Waals surface area contributed by atoms with Crippen molar-refractivity contribution in [1.82, 2.24) is 4.98 Å². The van der Waals surface area contributed by atoms with Gasteiger partial charge in [-0.25, -0.2) is 4.98 Å². The van der Waals surface area contributed by atoms with Gasteiger partial charge in [-0.3, -0.25) is 5.43 Å². The monoisotopic (exact) mass is 295 g/mol. The number of halogens is 1. The number of rotatable bonds is 3. The van der Waals surface area contributed by atoms with Crippen molar-refractivity contribution in [3.05, 3.63) is 45.4 Å². The maximum Gasteiger partial charge on any atom is 0.204 e. The Kier molecular flexibility index (Phi) is 3.69. The number of anilines is 1. The standard InChI is InChI=1S/C11H10BrN3S/c1-8-10(12)16-11(14-8)15-13-7-9-5-3-2-4-6-9/h2-7H,1H3,(H,14,15). The zero-order chi connectivity index (χ0) is 11.4. The Morgan fingerprint density at radius 3 is 2.75 bits per heavy atom. The van der Waals surface area contributed by atoms with Crippen LogP contribution in [-0.2, 0) is 0 Å². The number of aryl methyl sites for hydroxylation is 1. The highest BCUT2D eigenvalue weighted by Gasteiger charge is 2.02. The van der Waals surface area contributed by atoms with Gasteiger partial charge in [0.25, 0.3) is 0 Å². The molecule has 1 aromatic heterocycles. The van der Waals surface area contributed by atoms with Crippen LogP contribution in [0.1, 0.15) is 11.3 Å². The van der Waals surface area contributed by atoms with Gasteiger partial charge in [0.1, 0.15) is 0 Å². The number of hydrogen-bond donors (Lipinski definition) is 1. The van der Waals surface area contributed by atoms with Crippen LogP contribution in [0.15, 0.2) is 39.2 Å². The second-order valence-electron chi connectivity index (χ2n) is 3.16. The fraction of sp³-hybridized carbons (Fsp3) is 0.0909. The van der Waals surface area contributed by atoms with Gasteiger partial charge >= 0.3 is 0 Å². The number of nitrogens with zero attached hydrogens (tertiary/aromatic N) is 2. The Morgan fingerprint density at radius 2 is 2.12 bits per heavy atom. The molecule has 0 fully saturated rings. The van der Waals surface area contributed by atoms with E-state index in [-0.39, 0.29) is 0 Å². The Morgan fingerprint density at radius 1 is 1.38 bits per heavy atom. The molecule has 0 aliphatic heterocycles. The van der Waals surface area contributed by atoms with Gasteiger partial charge in [-0.05, 0) is 28.4 Å². The molecule has 1 N–H and O–H groups in total. The van der Waals surface area contributed by atoms with Gasteiger partial charge < -0.3 is 0 Å². The number of aromatic nitrogens is 1. The average Bonchev–Trinajstić information content (AvgIpc) is 2.60. The summed E-state index contributed by atoms with van der Waals surface area (Å²) in [6, 6.07) is 9.92. The SMILES string of the molecule is Cc1nc(NN=Cc2ccccc2)sc1Br. The van der Waals surface area contributed by atoms with E-state index in [1.807, 2.05) is 37.3 Å². The highest BCUT2D eigenvalue weighted by Crippen LogP contribution is 2.27. The van der Waals surface area contributed by atoms with Crippen LogP contribution in [0.2, 0.25) is 0 Å². The van der Waals surface area contributed by atoms with Gasteiger partial charge in [0.05, 0.1) is 15.7 Å². The molecular weight excluding hydrogens is 286 g/mol. The molecule has 0 atom stereocenters. The van der Waals surface area contributed by atoms with Crippen molar-refractivity contribution in [2.45, 2.75) is 6.92 Å². The van der Waals surface area contributed by atoms with Crippen molar-refractivity contribution in [2.75, 3.05) is 5.43 Å². The number of hydrogen-bond acceptors (Lipinski definition) is 4. The first-order chi connectivity index (χ1) is 7.75. The first-order valence-corrected chi connectivity index (χ1v) is 6.34. The molecule has 0 aliphatic rings. The molecule has 2 aromatic rings. The van der Waals surface area contributed by atoms with Crippen molar-refractivity contribution in [1.29, 1.82) is 0 Å². The summed E-state index contributed by atoms with van der Waals surface area (Å²) >= 11 is 4.95. The van der Waals surface area contributed by atoms with Crippen LogP contribution in [0.25, 0.3) is 0 Å². The molecule has 0 saturated heterocycles. The minimum atomic E-state index is 0.788. The third-order valence-electron chi connectivity index (χ3n) is 1.91. The van der Waals surface area contributed by atoms with Crippen LogP contribution in [-0.4, -0.2) is 11.2 Å². The second kappa shape index (κ2) is 5.23. The number of nitrogens with one attached hydrogen (secondary N) is 1. The van der Waals surface area contributed by atoms with Crippen molar-refractivity contribution < 1.29 is 0 Å². The van der Waals surface area contributed by atoms with Gasteiger partial charge in [0.2, 0.25) is 5.13 Å². The molecule has 5 heteroatoms. The molecule has 0 aliphatic carbocycles. The van der Waals surface area contributed by atoms with E-state index in [1.54, 1.807) is 6.21 Å². The Hall–Kier alpha value is -1.20. The summed E-state index contributed by atoms with van der Waals surface area (Å²) in [4.78, 5) is 4.29. The average molecular weight is 296 g/mol. The van der Waals surface area contributed by atoms with Crippen molar-refractivity contribution in [3.63, 3.8) is 0 Å². The van der Waals surface area contributed by atoms with E-state index in [1.165, 1.54) is 11.3 Å². The molecule has 0 spiro atoms.